The van der Waals surface area contributed by atoms with E-state index in [1.807, 2.05) is 30.3 Å². The van der Waals surface area contributed by atoms with Crippen molar-refractivity contribution in [3.8, 4) is 5.75 Å². The van der Waals surface area contributed by atoms with Gasteiger partial charge in [0.15, 0.2) is 0 Å². The van der Waals surface area contributed by atoms with E-state index in [-0.39, 0.29) is 12.4 Å². The Labute approximate surface area is 146 Å². The van der Waals surface area contributed by atoms with Crippen LogP contribution in [0.4, 0.5) is 5.69 Å². The van der Waals surface area contributed by atoms with Crippen LogP contribution in [0.2, 0.25) is 0 Å². The van der Waals surface area contributed by atoms with Crippen molar-refractivity contribution in [2.45, 2.75) is 6.61 Å². The monoisotopic (exact) mass is 343 g/mol. The van der Waals surface area contributed by atoms with E-state index < -0.39 is 0 Å². The van der Waals surface area contributed by atoms with Gasteiger partial charge in [0.25, 0.3) is 0 Å². The molecule has 0 aliphatic carbocycles. The number of benzene rings is 2. The van der Waals surface area contributed by atoms with Gasteiger partial charge in [-0.2, -0.15) is 5.10 Å². The molecule has 2 aromatic rings. The van der Waals surface area contributed by atoms with Crippen LogP contribution in [-0.4, -0.2) is 35.6 Å². The number of anilines is 1. The Hall–Kier alpha value is -2.87. The number of hydrogen-bond acceptors (Lipinski definition) is 7. The van der Waals surface area contributed by atoms with Crippen LogP contribution in [-0.2, 0) is 16.5 Å². The lowest BCUT2D eigenvalue weighted by atomic mass is 10.1. The molecular weight excluding hydrogens is 322 g/mol. The molecular formula is C18H21N3O4. The molecule has 0 heterocycles. The van der Waals surface area contributed by atoms with E-state index in [1.165, 1.54) is 18.2 Å². The summed E-state index contributed by atoms with van der Waals surface area (Å²) in [6.45, 7) is -0.222. The number of hydrazone groups is 1. The number of hydroxylamine groups is 2. The summed E-state index contributed by atoms with van der Waals surface area (Å²) in [6.07, 6.45) is 5.22. The summed E-state index contributed by atoms with van der Waals surface area (Å²) in [4.78, 5) is 9.32. The van der Waals surface area contributed by atoms with Gasteiger partial charge in [-0.05, 0) is 47.5 Å². The van der Waals surface area contributed by atoms with Gasteiger partial charge in [-0.3, -0.25) is 5.43 Å². The summed E-state index contributed by atoms with van der Waals surface area (Å²) in [7, 11) is 3.16. The zero-order chi connectivity index (χ0) is 18.1. The zero-order valence-corrected chi connectivity index (χ0v) is 14.1. The van der Waals surface area contributed by atoms with Gasteiger partial charge in [-0.1, -0.05) is 12.1 Å². The molecule has 0 aromatic heterocycles. The van der Waals surface area contributed by atoms with E-state index in [4.69, 9.17) is 10.1 Å². The first kappa shape index (κ1) is 18.5. The average molecular weight is 343 g/mol. The van der Waals surface area contributed by atoms with Crippen LogP contribution < -0.4 is 5.43 Å². The molecule has 0 spiro atoms. The summed E-state index contributed by atoms with van der Waals surface area (Å²) in [6, 6.07) is 12.6. The van der Waals surface area contributed by atoms with Gasteiger partial charge >= 0.3 is 0 Å². The maximum Gasteiger partial charge on any atom is 0.121 e. The van der Waals surface area contributed by atoms with Crippen molar-refractivity contribution in [2.75, 3.05) is 19.6 Å². The molecule has 0 unspecified atom stereocenters. The number of phenols is 1. The van der Waals surface area contributed by atoms with Crippen molar-refractivity contribution < 1.29 is 20.1 Å². The van der Waals surface area contributed by atoms with Crippen molar-refractivity contribution in [3.63, 3.8) is 0 Å². The first-order valence-electron chi connectivity index (χ1n) is 7.56. The molecule has 2 aromatic carbocycles. The largest absolute Gasteiger partial charge is 0.508 e. The summed E-state index contributed by atoms with van der Waals surface area (Å²) >= 11 is 0. The number of aromatic hydroxyl groups is 1. The van der Waals surface area contributed by atoms with Crippen molar-refractivity contribution >= 4 is 18.0 Å². The predicted molar refractivity (Wildman–Crippen MR) is 96.6 cm³/mol. The van der Waals surface area contributed by atoms with E-state index in [9.17, 15) is 5.11 Å². The minimum absolute atomic E-state index is 0.0674. The second kappa shape index (κ2) is 9.43. The molecule has 2 rings (SSSR count). The Balaban J connectivity index is 1.93. The quantitative estimate of drug-likeness (QED) is 0.388. The minimum atomic E-state index is -0.222. The summed E-state index contributed by atoms with van der Waals surface area (Å²) in [5, 5.41) is 24.2. The summed E-state index contributed by atoms with van der Waals surface area (Å²) in [5.41, 5.74) is 5.98. The summed E-state index contributed by atoms with van der Waals surface area (Å²) in [5.74, 6) is 0.0674. The molecule has 3 N–H and O–H groups in total. The third kappa shape index (κ3) is 5.92. The molecule has 132 valence electrons. The number of nitrogens with zero attached hydrogens (tertiary/aromatic N) is 2. The number of rotatable bonds is 8. The fourth-order valence-corrected chi connectivity index (χ4v) is 2.00. The van der Waals surface area contributed by atoms with Crippen molar-refractivity contribution in [1.82, 2.24) is 5.06 Å². The third-order valence-corrected chi connectivity index (χ3v) is 3.26. The smallest absolute Gasteiger partial charge is 0.121 e. The topological polar surface area (TPSA) is 86.6 Å². The lowest BCUT2D eigenvalue weighted by Gasteiger charge is -2.09. The van der Waals surface area contributed by atoms with Crippen LogP contribution >= 0.6 is 0 Å². The van der Waals surface area contributed by atoms with E-state index >= 15 is 0 Å². The third-order valence-electron chi connectivity index (χ3n) is 3.26. The van der Waals surface area contributed by atoms with Gasteiger partial charge in [-0.25, -0.2) is 9.95 Å². The molecule has 0 saturated carbocycles. The Morgan fingerprint density at radius 3 is 2.56 bits per heavy atom. The van der Waals surface area contributed by atoms with Gasteiger partial charge in [0.2, 0.25) is 0 Å². The standard InChI is InChI=1S/C18H21N3O4/c1-21(25-24-2)10-9-14-3-6-17(7-4-14)20-19-12-15-5-8-18(23)16(11-15)13-22/h3-12,20,22-23H,13H2,1-2H3/b10-9-,19-12+. The SMILES string of the molecule is COON(C)/C=C\c1ccc(N/N=C/c2ccc(O)c(CO)c2)cc1. The minimum Gasteiger partial charge on any atom is -0.508 e. The van der Waals surface area contributed by atoms with Crippen LogP contribution in [0.15, 0.2) is 53.8 Å². The number of aliphatic hydroxyl groups is 1. The fourth-order valence-electron chi connectivity index (χ4n) is 2.00. The molecule has 0 saturated heterocycles. The van der Waals surface area contributed by atoms with Gasteiger partial charge in [0.1, 0.15) is 5.75 Å². The Morgan fingerprint density at radius 2 is 1.88 bits per heavy atom. The van der Waals surface area contributed by atoms with Crippen LogP contribution in [0.1, 0.15) is 16.7 Å². The molecule has 0 bridgehead atoms. The Morgan fingerprint density at radius 1 is 1.16 bits per heavy atom. The molecule has 0 amide bonds. The first-order valence-corrected chi connectivity index (χ1v) is 7.56. The van der Waals surface area contributed by atoms with Crippen molar-refractivity contribution in [3.05, 3.63) is 65.4 Å². The van der Waals surface area contributed by atoms with E-state index in [0.29, 0.717) is 5.56 Å². The molecule has 0 radical (unpaired) electrons. The molecule has 7 heteroatoms. The van der Waals surface area contributed by atoms with Crippen LogP contribution in [0, 0.1) is 0 Å². The molecule has 25 heavy (non-hydrogen) atoms. The average Bonchev–Trinajstić information content (AvgIpc) is 2.62. The van der Waals surface area contributed by atoms with E-state index in [2.05, 4.69) is 15.4 Å². The van der Waals surface area contributed by atoms with Gasteiger partial charge in [-0.15, -0.1) is 4.99 Å². The molecule has 7 nitrogen and oxygen atoms in total. The second-order valence-electron chi connectivity index (χ2n) is 5.14. The zero-order valence-electron chi connectivity index (χ0n) is 14.1. The Kier molecular flexibility index (Phi) is 6.97. The predicted octanol–water partition coefficient (Wildman–Crippen LogP) is 2.73. The highest BCUT2D eigenvalue weighted by Gasteiger charge is 2.00. The van der Waals surface area contributed by atoms with Crippen LogP contribution in [0.5, 0.6) is 5.75 Å². The second-order valence-corrected chi connectivity index (χ2v) is 5.14. The molecule has 0 aliphatic rings. The highest BCUT2D eigenvalue weighted by atomic mass is 17.3. The van der Waals surface area contributed by atoms with Gasteiger partial charge in [0, 0.05) is 18.8 Å². The lowest BCUT2D eigenvalue weighted by Crippen LogP contribution is -2.09. The maximum atomic E-state index is 9.53. The van der Waals surface area contributed by atoms with Crippen LogP contribution in [0.3, 0.4) is 0 Å². The highest BCUT2D eigenvalue weighted by molar-refractivity contribution is 5.81. The Bertz CT molecular complexity index is 730. The highest BCUT2D eigenvalue weighted by Crippen LogP contribution is 2.17. The number of hydrogen-bond donors (Lipinski definition) is 3. The molecule has 0 atom stereocenters. The number of aliphatic hydroxyl groups excluding tert-OH is 1. The first-order chi connectivity index (χ1) is 12.1. The lowest BCUT2D eigenvalue weighted by molar-refractivity contribution is -0.388. The molecule has 0 aliphatic heterocycles. The van der Waals surface area contributed by atoms with Crippen molar-refractivity contribution in [2.24, 2.45) is 5.10 Å². The van der Waals surface area contributed by atoms with Gasteiger partial charge in [0.05, 0.1) is 25.6 Å². The van der Waals surface area contributed by atoms with E-state index in [0.717, 1.165) is 16.8 Å². The van der Waals surface area contributed by atoms with Gasteiger partial charge < -0.3 is 10.2 Å². The normalized spacial score (nSPS) is 11.3. The molecule has 0 fully saturated rings. The van der Waals surface area contributed by atoms with E-state index in [1.54, 1.807) is 31.6 Å². The number of nitrogens with one attached hydrogen (secondary N) is 1. The fraction of sp³-hybridized carbons (Fsp3) is 0.167. The maximum absolute atomic E-state index is 9.53. The van der Waals surface area contributed by atoms with Crippen LogP contribution in [0.25, 0.3) is 6.08 Å². The van der Waals surface area contributed by atoms with Crippen molar-refractivity contribution in [1.29, 1.82) is 0 Å². The summed E-state index contributed by atoms with van der Waals surface area (Å²) < 4.78 is 0.